The van der Waals surface area contributed by atoms with E-state index >= 15 is 0 Å². The van der Waals surface area contributed by atoms with Crippen LogP contribution >= 0.6 is 0 Å². The Hall–Kier alpha value is -2.89. The van der Waals surface area contributed by atoms with Gasteiger partial charge in [0, 0.05) is 25.3 Å². The number of carbonyl (C=O) groups is 2. The smallest absolute Gasteiger partial charge is 0.410 e. The Balaban J connectivity index is 1.47. The molecule has 0 spiro atoms. The minimum absolute atomic E-state index is 0.0419. The molecule has 1 fully saturated rings. The summed E-state index contributed by atoms with van der Waals surface area (Å²) in [6.45, 7) is 1.11. The van der Waals surface area contributed by atoms with Crippen molar-refractivity contribution in [2.45, 2.75) is 18.9 Å². The molecular weight excluding hydrogens is 306 g/mol. The van der Waals surface area contributed by atoms with Gasteiger partial charge in [0.2, 0.25) is 0 Å². The van der Waals surface area contributed by atoms with E-state index in [2.05, 4.69) is 10.3 Å². The molecular formula is C18H19N3O3. The van der Waals surface area contributed by atoms with Gasteiger partial charge in [-0.3, -0.25) is 9.78 Å². The summed E-state index contributed by atoms with van der Waals surface area (Å²) < 4.78 is 5.33. The Morgan fingerprint density at radius 1 is 1.04 bits per heavy atom. The van der Waals surface area contributed by atoms with Gasteiger partial charge in [-0.05, 0) is 37.1 Å². The lowest BCUT2D eigenvalue weighted by Crippen LogP contribution is -2.47. The molecule has 6 heteroatoms. The first-order valence-corrected chi connectivity index (χ1v) is 7.96. The Bertz CT molecular complexity index is 683. The molecule has 0 radical (unpaired) electrons. The highest BCUT2D eigenvalue weighted by Gasteiger charge is 2.25. The summed E-state index contributed by atoms with van der Waals surface area (Å²) in [5, 5.41) is 2.96. The summed E-state index contributed by atoms with van der Waals surface area (Å²) in [4.78, 5) is 29.9. The van der Waals surface area contributed by atoms with E-state index in [9.17, 15) is 9.59 Å². The number of piperidine rings is 1. The highest BCUT2D eigenvalue weighted by molar-refractivity contribution is 5.92. The zero-order chi connectivity index (χ0) is 16.8. The standard InChI is InChI=1S/C18H19N3O3/c22-17(16-8-4-5-11-19-16)20-14-9-12-21(13-10-14)18(23)24-15-6-2-1-3-7-15/h1-8,11,14H,9-10,12-13H2,(H,20,22). The maximum absolute atomic E-state index is 12.1. The van der Waals surface area contributed by atoms with Gasteiger partial charge in [0.05, 0.1) is 0 Å². The first-order valence-electron chi connectivity index (χ1n) is 7.96. The fourth-order valence-corrected chi connectivity index (χ4v) is 2.62. The fraction of sp³-hybridized carbons (Fsp3) is 0.278. The summed E-state index contributed by atoms with van der Waals surface area (Å²) in [5.74, 6) is 0.356. The second-order valence-electron chi connectivity index (χ2n) is 5.63. The molecule has 2 amide bonds. The summed E-state index contributed by atoms with van der Waals surface area (Å²) in [6.07, 6.45) is 2.64. The van der Waals surface area contributed by atoms with Crippen LogP contribution in [0.4, 0.5) is 4.79 Å². The number of benzene rings is 1. The van der Waals surface area contributed by atoms with E-state index in [0.717, 1.165) is 0 Å². The third-order valence-corrected chi connectivity index (χ3v) is 3.93. The van der Waals surface area contributed by atoms with E-state index in [1.807, 2.05) is 18.2 Å². The Kier molecular flexibility index (Phi) is 5.05. The fourth-order valence-electron chi connectivity index (χ4n) is 2.62. The van der Waals surface area contributed by atoms with Crippen LogP contribution in [0.25, 0.3) is 0 Å². The summed E-state index contributed by atoms with van der Waals surface area (Å²) >= 11 is 0. The molecule has 24 heavy (non-hydrogen) atoms. The number of hydrogen-bond donors (Lipinski definition) is 1. The molecule has 1 aromatic heterocycles. The molecule has 2 heterocycles. The zero-order valence-electron chi connectivity index (χ0n) is 13.2. The molecule has 1 aliphatic rings. The minimum Gasteiger partial charge on any atom is -0.410 e. The SMILES string of the molecule is O=C(NC1CCN(C(=O)Oc2ccccc2)CC1)c1ccccn1. The predicted molar refractivity (Wildman–Crippen MR) is 88.8 cm³/mol. The third-order valence-electron chi connectivity index (χ3n) is 3.93. The molecule has 3 rings (SSSR count). The van der Waals surface area contributed by atoms with Crippen molar-refractivity contribution >= 4 is 12.0 Å². The second kappa shape index (κ2) is 7.59. The molecule has 0 unspecified atom stereocenters. The molecule has 2 aromatic rings. The highest BCUT2D eigenvalue weighted by atomic mass is 16.6. The number of nitrogens with one attached hydrogen (secondary N) is 1. The van der Waals surface area contributed by atoms with Gasteiger partial charge in [0.1, 0.15) is 11.4 Å². The van der Waals surface area contributed by atoms with Crippen molar-refractivity contribution in [2.75, 3.05) is 13.1 Å². The van der Waals surface area contributed by atoms with Gasteiger partial charge in [-0.15, -0.1) is 0 Å². The monoisotopic (exact) mass is 325 g/mol. The van der Waals surface area contributed by atoms with E-state index in [1.165, 1.54) is 0 Å². The zero-order valence-corrected chi connectivity index (χ0v) is 13.2. The molecule has 124 valence electrons. The first kappa shape index (κ1) is 16.0. The lowest BCUT2D eigenvalue weighted by Gasteiger charge is -2.31. The maximum atomic E-state index is 12.1. The van der Waals surface area contributed by atoms with Crippen LogP contribution in [-0.2, 0) is 0 Å². The van der Waals surface area contributed by atoms with Gasteiger partial charge in [-0.25, -0.2) is 4.79 Å². The van der Waals surface area contributed by atoms with E-state index < -0.39 is 0 Å². The van der Waals surface area contributed by atoms with Crippen molar-refractivity contribution in [1.29, 1.82) is 0 Å². The van der Waals surface area contributed by atoms with Crippen molar-refractivity contribution in [3.63, 3.8) is 0 Å². The number of amides is 2. The molecule has 1 aromatic carbocycles. The number of nitrogens with zero attached hydrogens (tertiary/aromatic N) is 2. The van der Waals surface area contributed by atoms with Crippen LogP contribution < -0.4 is 10.1 Å². The van der Waals surface area contributed by atoms with Crippen LogP contribution in [0.15, 0.2) is 54.7 Å². The number of ether oxygens (including phenoxy) is 1. The van der Waals surface area contributed by atoms with Gasteiger partial charge in [-0.1, -0.05) is 24.3 Å². The van der Waals surface area contributed by atoms with E-state index in [0.29, 0.717) is 37.4 Å². The number of aromatic nitrogens is 1. The quantitative estimate of drug-likeness (QED) is 0.941. The second-order valence-corrected chi connectivity index (χ2v) is 5.63. The number of hydrogen-bond acceptors (Lipinski definition) is 4. The number of rotatable bonds is 3. The first-order chi connectivity index (χ1) is 11.7. The molecule has 0 aliphatic carbocycles. The van der Waals surface area contributed by atoms with Crippen LogP contribution in [0.3, 0.4) is 0 Å². The van der Waals surface area contributed by atoms with E-state index in [1.54, 1.807) is 41.4 Å². The molecule has 0 saturated carbocycles. The lowest BCUT2D eigenvalue weighted by molar-refractivity contribution is 0.0905. The van der Waals surface area contributed by atoms with Gasteiger partial charge in [0.25, 0.3) is 5.91 Å². The Morgan fingerprint density at radius 3 is 2.42 bits per heavy atom. The molecule has 6 nitrogen and oxygen atoms in total. The van der Waals surface area contributed by atoms with Crippen molar-refractivity contribution in [2.24, 2.45) is 0 Å². The van der Waals surface area contributed by atoms with Crippen LogP contribution in [0.2, 0.25) is 0 Å². The molecule has 1 N–H and O–H groups in total. The number of likely N-dealkylation sites (tertiary alicyclic amines) is 1. The van der Waals surface area contributed by atoms with E-state index in [-0.39, 0.29) is 18.0 Å². The Morgan fingerprint density at radius 2 is 1.75 bits per heavy atom. The topological polar surface area (TPSA) is 71.5 Å². The number of para-hydroxylation sites is 1. The van der Waals surface area contributed by atoms with Gasteiger partial charge in [0.15, 0.2) is 0 Å². The largest absolute Gasteiger partial charge is 0.415 e. The van der Waals surface area contributed by atoms with Crippen LogP contribution in [0.5, 0.6) is 5.75 Å². The average molecular weight is 325 g/mol. The molecule has 1 saturated heterocycles. The summed E-state index contributed by atoms with van der Waals surface area (Å²) in [6, 6.07) is 14.3. The van der Waals surface area contributed by atoms with E-state index in [4.69, 9.17) is 4.74 Å². The van der Waals surface area contributed by atoms with Crippen molar-refractivity contribution in [3.05, 3.63) is 60.4 Å². The number of carbonyl (C=O) groups excluding carboxylic acids is 2. The van der Waals surface area contributed by atoms with Crippen molar-refractivity contribution in [1.82, 2.24) is 15.2 Å². The van der Waals surface area contributed by atoms with Crippen LogP contribution in [-0.4, -0.2) is 41.0 Å². The molecule has 0 atom stereocenters. The average Bonchev–Trinajstić information content (AvgIpc) is 2.64. The predicted octanol–water partition coefficient (Wildman–Crippen LogP) is 2.47. The van der Waals surface area contributed by atoms with Crippen LogP contribution in [0.1, 0.15) is 23.3 Å². The van der Waals surface area contributed by atoms with Gasteiger partial charge in [-0.2, -0.15) is 0 Å². The normalized spacial score (nSPS) is 14.9. The Labute approximate surface area is 140 Å². The highest BCUT2D eigenvalue weighted by Crippen LogP contribution is 2.15. The van der Waals surface area contributed by atoms with Gasteiger partial charge >= 0.3 is 6.09 Å². The summed E-state index contributed by atoms with van der Waals surface area (Å²) in [5.41, 5.74) is 0.406. The lowest BCUT2D eigenvalue weighted by atomic mass is 10.1. The maximum Gasteiger partial charge on any atom is 0.415 e. The van der Waals surface area contributed by atoms with Crippen LogP contribution in [0, 0.1) is 0 Å². The molecule has 1 aliphatic heterocycles. The summed E-state index contributed by atoms with van der Waals surface area (Å²) in [7, 11) is 0. The minimum atomic E-state index is -0.351. The van der Waals surface area contributed by atoms with Crippen molar-refractivity contribution < 1.29 is 14.3 Å². The third kappa shape index (κ3) is 4.10. The molecule has 0 bridgehead atoms. The van der Waals surface area contributed by atoms with Gasteiger partial charge < -0.3 is 15.0 Å². The number of pyridine rings is 1. The van der Waals surface area contributed by atoms with Crippen molar-refractivity contribution in [3.8, 4) is 5.75 Å².